The summed E-state index contributed by atoms with van der Waals surface area (Å²) in [7, 11) is 0. The van der Waals surface area contributed by atoms with Crippen LogP contribution in [0.5, 0.6) is 0 Å². The van der Waals surface area contributed by atoms with Gasteiger partial charge in [-0.25, -0.2) is 0 Å². The van der Waals surface area contributed by atoms with Gasteiger partial charge in [-0.05, 0) is 30.3 Å². The Labute approximate surface area is 124 Å². The maximum absolute atomic E-state index is 4.84. The number of anilines is 1. The topological polar surface area (TPSA) is 31.7 Å². The number of hydrazine groups is 1. The summed E-state index contributed by atoms with van der Waals surface area (Å²) in [6, 6.07) is 16.4. The summed E-state index contributed by atoms with van der Waals surface area (Å²) in [6.07, 6.45) is 7.16. The minimum atomic E-state index is 0.173. The van der Waals surface area contributed by atoms with Crippen LogP contribution in [0.4, 0.5) is 5.69 Å². The maximum atomic E-state index is 4.84. The van der Waals surface area contributed by atoms with Gasteiger partial charge in [0, 0.05) is 25.4 Å². The molecule has 1 saturated heterocycles. The first kappa shape index (κ1) is 12.1. The monoisotopic (exact) mass is 276 g/mol. The molecule has 3 heterocycles. The number of nitrogens with zero attached hydrogens (tertiary/aromatic N) is 4. The molecule has 104 valence electrons. The lowest BCUT2D eigenvalue weighted by Gasteiger charge is -2.33. The molecule has 0 spiro atoms. The van der Waals surface area contributed by atoms with E-state index >= 15 is 0 Å². The Balaban J connectivity index is 1.60. The lowest BCUT2D eigenvalue weighted by Crippen LogP contribution is -2.38. The average Bonchev–Trinajstić information content (AvgIpc) is 2.99. The third kappa shape index (κ3) is 2.18. The molecule has 0 bridgehead atoms. The van der Waals surface area contributed by atoms with Crippen molar-refractivity contribution in [3.63, 3.8) is 0 Å². The lowest BCUT2D eigenvalue weighted by molar-refractivity contribution is 0.330. The van der Waals surface area contributed by atoms with Gasteiger partial charge in [0.05, 0.1) is 17.1 Å². The predicted molar refractivity (Wildman–Crippen MR) is 83.9 cm³/mol. The van der Waals surface area contributed by atoms with Gasteiger partial charge in [-0.2, -0.15) is 0 Å². The quantitative estimate of drug-likeness (QED) is 0.845. The Morgan fingerprint density at radius 2 is 1.86 bits per heavy atom. The van der Waals surface area contributed by atoms with Gasteiger partial charge >= 0.3 is 0 Å². The Morgan fingerprint density at radius 3 is 2.67 bits per heavy atom. The molecule has 1 unspecified atom stereocenters. The molecule has 4 nitrogen and oxygen atoms in total. The number of aliphatic imine (C=N–C) groups is 1. The van der Waals surface area contributed by atoms with Crippen molar-refractivity contribution in [1.29, 1.82) is 0 Å². The number of rotatable bonds is 2. The molecule has 0 amide bonds. The van der Waals surface area contributed by atoms with E-state index in [2.05, 4.69) is 45.5 Å². The highest BCUT2D eigenvalue weighted by Gasteiger charge is 2.31. The van der Waals surface area contributed by atoms with E-state index < -0.39 is 0 Å². The fraction of sp³-hybridized carbons (Fsp3) is 0.176. The van der Waals surface area contributed by atoms with E-state index in [-0.39, 0.29) is 6.17 Å². The molecular weight excluding hydrogens is 260 g/mol. The Hall–Kier alpha value is -2.62. The zero-order valence-corrected chi connectivity index (χ0v) is 11.6. The highest BCUT2D eigenvalue weighted by Crippen LogP contribution is 2.28. The van der Waals surface area contributed by atoms with Crippen LogP contribution < -0.4 is 5.01 Å². The SMILES string of the molecule is C1=CN2C(CCN2c2ccccc2)N=C1c1ccccn1. The number of pyridine rings is 1. The fourth-order valence-electron chi connectivity index (χ4n) is 2.83. The van der Waals surface area contributed by atoms with Crippen molar-refractivity contribution >= 4 is 11.4 Å². The third-order valence-electron chi connectivity index (χ3n) is 3.84. The molecule has 2 aromatic rings. The van der Waals surface area contributed by atoms with Crippen molar-refractivity contribution in [1.82, 2.24) is 9.99 Å². The van der Waals surface area contributed by atoms with Crippen LogP contribution >= 0.6 is 0 Å². The Morgan fingerprint density at radius 1 is 1.00 bits per heavy atom. The van der Waals surface area contributed by atoms with Gasteiger partial charge in [-0.15, -0.1) is 0 Å². The van der Waals surface area contributed by atoms with Crippen LogP contribution in [-0.4, -0.2) is 28.4 Å². The summed E-state index contributed by atoms with van der Waals surface area (Å²) in [4.78, 5) is 9.22. The number of hydrogen-bond donors (Lipinski definition) is 0. The number of benzene rings is 1. The molecule has 1 fully saturated rings. The predicted octanol–water partition coefficient (Wildman–Crippen LogP) is 2.85. The highest BCUT2D eigenvalue weighted by atomic mass is 15.7. The van der Waals surface area contributed by atoms with Crippen LogP contribution in [0.15, 0.2) is 72.0 Å². The van der Waals surface area contributed by atoms with Crippen LogP contribution in [0.25, 0.3) is 0 Å². The first-order chi connectivity index (χ1) is 10.4. The first-order valence-electron chi connectivity index (χ1n) is 7.20. The molecule has 0 N–H and O–H groups in total. The number of aromatic nitrogens is 1. The van der Waals surface area contributed by atoms with Crippen LogP contribution in [0.2, 0.25) is 0 Å². The second-order valence-corrected chi connectivity index (χ2v) is 5.15. The molecule has 21 heavy (non-hydrogen) atoms. The van der Waals surface area contributed by atoms with E-state index in [1.165, 1.54) is 5.69 Å². The van der Waals surface area contributed by atoms with Crippen molar-refractivity contribution in [2.45, 2.75) is 12.6 Å². The van der Waals surface area contributed by atoms with Crippen molar-refractivity contribution in [3.8, 4) is 0 Å². The second-order valence-electron chi connectivity index (χ2n) is 5.15. The summed E-state index contributed by atoms with van der Waals surface area (Å²) in [5.74, 6) is 0. The molecule has 0 saturated carbocycles. The number of allylic oxidation sites excluding steroid dienone is 1. The lowest BCUT2D eigenvalue weighted by atomic mass is 10.2. The van der Waals surface area contributed by atoms with Crippen LogP contribution in [0.1, 0.15) is 12.1 Å². The van der Waals surface area contributed by atoms with Gasteiger partial charge < -0.3 is 0 Å². The average molecular weight is 276 g/mol. The van der Waals surface area contributed by atoms with Gasteiger partial charge in [-0.3, -0.25) is 20.0 Å². The molecule has 2 aliphatic heterocycles. The molecule has 1 aromatic carbocycles. The molecule has 2 aliphatic rings. The van der Waals surface area contributed by atoms with Crippen LogP contribution in [0.3, 0.4) is 0 Å². The third-order valence-corrected chi connectivity index (χ3v) is 3.84. The Kier molecular flexibility index (Phi) is 2.92. The summed E-state index contributed by atoms with van der Waals surface area (Å²) in [5.41, 5.74) is 3.11. The van der Waals surface area contributed by atoms with E-state index in [1.807, 2.05) is 36.5 Å². The molecule has 4 rings (SSSR count). The van der Waals surface area contributed by atoms with Crippen molar-refractivity contribution < 1.29 is 0 Å². The smallest absolute Gasteiger partial charge is 0.142 e. The minimum absolute atomic E-state index is 0.173. The van der Waals surface area contributed by atoms with Crippen LogP contribution in [0, 0.1) is 0 Å². The zero-order valence-electron chi connectivity index (χ0n) is 11.6. The van der Waals surface area contributed by atoms with Crippen molar-refractivity contribution in [3.05, 3.63) is 72.7 Å². The van der Waals surface area contributed by atoms with E-state index in [1.54, 1.807) is 0 Å². The summed E-state index contributed by atoms with van der Waals surface area (Å²) in [5, 5.41) is 4.49. The van der Waals surface area contributed by atoms with Gasteiger partial charge in [0.25, 0.3) is 0 Å². The molecule has 1 aromatic heterocycles. The standard InChI is InChI=1S/C17H16N4/c1-2-6-14(7-3-1)20-13-10-17-19-16(9-12-21(17)20)15-8-4-5-11-18-15/h1-9,11-12,17H,10,13H2. The molecule has 0 aliphatic carbocycles. The molecule has 0 radical (unpaired) electrons. The van der Waals surface area contributed by atoms with E-state index in [9.17, 15) is 0 Å². The van der Waals surface area contributed by atoms with Crippen molar-refractivity contribution in [2.75, 3.05) is 11.6 Å². The van der Waals surface area contributed by atoms with Gasteiger partial charge in [-0.1, -0.05) is 24.3 Å². The summed E-state index contributed by atoms with van der Waals surface area (Å²) < 4.78 is 0. The summed E-state index contributed by atoms with van der Waals surface area (Å²) in [6.45, 7) is 0.984. The normalized spacial score (nSPS) is 20.4. The second kappa shape index (κ2) is 5.05. The molecular formula is C17H16N4. The Bertz CT molecular complexity index is 678. The van der Waals surface area contributed by atoms with Gasteiger partial charge in [0.1, 0.15) is 6.17 Å². The van der Waals surface area contributed by atoms with Gasteiger partial charge in [0.15, 0.2) is 0 Å². The fourth-order valence-corrected chi connectivity index (χ4v) is 2.83. The zero-order chi connectivity index (χ0) is 14.1. The largest absolute Gasteiger partial charge is 0.284 e. The molecule has 1 atom stereocenters. The summed E-state index contributed by atoms with van der Waals surface area (Å²) >= 11 is 0. The van der Waals surface area contributed by atoms with Crippen LogP contribution in [-0.2, 0) is 0 Å². The minimum Gasteiger partial charge on any atom is -0.284 e. The van der Waals surface area contributed by atoms with E-state index in [0.717, 1.165) is 24.4 Å². The van der Waals surface area contributed by atoms with Crippen molar-refractivity contribution in [2.24, 2.45) is 4.99 Å². The van der Waals surface area contributed by atoms with Gasteiger partial charge in [0.2, 0.25) is 0 Å². The highest BCUT2D eigenvalue weighted by molar-refractivity contribution is 6.07. The number of fused-ring (bicyclic) bond motifs is 1. The van der Waals surface area contributed by atoms with E-state index in [0.29, 0.717) is 0 Å². The number of para-hydroxylation sites is 1. The van der Waals surface area contributed by atoms with E-state index in [4.69, 9.17) is 4.99 Å². The number of hydrogen-bond acceptors (Lipinski definition) is 4. The first-order valence-corrected chi connectivity index (χ1v) is 7.20. The maximum Gasteiger partial charge on any atom is 0.142 e. The molecule has 4 heteroatoms.